The summed E-state index contributed by atoms with van der Waals surface area (Å²) in [5.74, 6) is -1.23. The van der Waals surface area contributed by atoms with Crippen molar-refractivity contribution in [2.75, 3.05) is 4.90 Å². The van der Waals surface area contributed by atoms with Crippen LogP contribution in [0.2, 0.25) is 0 Å². The minimum atomic E-state index is -1.18. The van der Waals surface area contributed by atoms with E-state index >= 15 is 13.2 Å². The molecule has 0 saturated heterocycles. The Balaban J connectivity index is 1.18. The van der Waals surface area contributed by atoms with Crippen LogP contribution in [0.5, 0.6) is 0 Å². The largest absolute Gasteiger partial charge is 0.310 e. The molecule has 2 aliphatic carbocycles. The number of anilines is 3. The van der Waals surface area contributed by atoms with Crippen LogP contribution in [0.3, 0.4) is 0 Å². The molecule has 1 nitrogen and oxygen atoms in total. The minimum absolute atomic E-state index is 0.409. The van der Waals surface area contributed by atoms with Crippen LogP contribution in [0.25, 0.3) is 65.7 Å². The third-order valence-electron chi connectivity index (χ3n) is 12.6. The molecular weight excluding hydrogens is 732 g/mol. The molecular formula is C55H32F3N. The van der Waals surface area contributed by atoms with Crippen LogP contribution in [0, 0.1) is 17.5 Å². The highest BCUT2D eigenvalue weighted by Gasteiger charge is 2.52. The Morgan fingerprint density at radius 1 is 0.305 bits per heavy atom. The predicted octanol–water partition coefficient (Wildman–Crippen LogP) is 15.0. The molecule has 0 fully saturated rings. The summed E-state index contributed by atoms with van der Waals surface area (Å²) >= 11 is 0. The topological polar surface area (TPSA) is 3.24 Å². The second-order valence-electron chi connectivity index (χ2n) is 15.6. The van der Waals surface area contributed by atoms with Crippen LogP contribution >= 0.6 is 0 Å². The molecule has 1 spiro atoms. The van der Waals surface area contributed by atoms with Gasteiger partial charge in [-0.05, 0) is 149 Å². The number of nitrogens with zero attached hydrogens (tertiary/aromatic N) is 1. The van der Waals surface area contributed by atoms with Gasteiger partial charge in [0.2, 0.25) is 0 Å². The number of fused-ring (bicyclic) bond motifs is 16. The van der Waals surface area contributed by atoms with Crippen molar-refractivity contribution < 1.29 is 13.2 Å². The van der Waals surface area contributed by atoms with Crippen molar-refractivity contribution in [1.82, 2.24) is 0 Å². The maximum absolute atomic E-state index is 15.6. The molecule has 0 atom stereocenters. The molecule has 0 heterocycles. The SMILES string of the molecule is Fc1ccc2c(c1)C1(c3cc(F)ccc3-2)c2cc(F)ccc2-c2ccc(N(c3ccc4c5ccccc5c5ccccc5c4c3)c3ccccc3-c3ccccc3)cc21. The summed E-state index contributed by atoms with van der Waals surface area (Å²) in [5, 5.41) is 7.03. The first kappa shape index (κ1) is 33.7. The van der Waals surface area contributed by atoms with Crippen LogP contribution < -0.4 is 4.90 Å². The van der Waals surface area contributed by atoms with Crippen LogP contribution in [-0.4, -0.2) is 0 Å². The third kappa shape index (κ3) is 4.74. The van der Waals surface area contributed by atoms with Crippen LogP contribution in [0.15, 0.2) is 194 Å². The summed E-state index contributed by atoms with van der Waals surface area (Å²) in [7, 11) is 0. The predicted molar refractivity (Wildman–Crippen MR) is 235 cm³/mol. The Kier molecular flexibility index (Phi) is 7.16. The molecule has 0 bridgehead atoms. The van der Waals surface area contributed by atoms with Gasteiger partial charge in [0.1, 0.15) is 17.5 Å². The number of para-hydroxylation sites is 1. The molecule has 4 heteroatoms. The number of hydrogen-bond acceptors (Lipinski definition) is 1. The van der Waals surface area contributed by atoms with Crippen molar-refractivity contribution in [2.45, 2.75) is 5.41 Å². The van der Waals surface area contributed by atoms with Gasteiger partial charge in [0, 0.05) is 16.9 Å². The molecule has 10 aromatic rings. The highest BCUT2D eigenvalue weighted by Crippen LogP contribution is 2.64. The first-order valence-corrected chi connectivity index (χ1v) is 19.8. The Morgan fingerprint density at radius 3 is 1.27 bits per heavy atom. The van der Waals surface area contributed by atoms with Gasteiger partial charge in [0.15, 0.2) is 0 Å². The number of rotatable bonds is 4. The highest BCUT2D eigenvalue weighted by molar-refractivity contribution is 6.25. The molecule has 0 amide bonds. The molecule has 12 rings (SSSR count). The Morgan fingerprint density at radius 2 is 0.712 bits per heavy atom. The highest BCUT2D eigenvalue weighted by atomic mass is 19.1. The summed E-state index contributed by atoms with van der Waals surface area (Å²) in [5.41, 5.74) is 9.86. The van der Waals surface area contributed by atoms with Crippen LogP contribution in [0.1, 0.15) is 22.3 Å². The van der Waals surface area contributed by atoms with E-state index in [1.165, 1.54) is 34.4 Å². The van der Waals surface area contributed by atoms with Crippen LogP contribution in [-0.2, 0) is 5.41 Å². The summed E-state index contributed by atoms with van der Waals surface area (Å²) in [6, 6.07) is 63.3. The normalized spacial score (nSPS) is 13.1. The van der Waals surface area contributed by atoms with E-state index < -0.39 is 22.9 Å². The zero-order valence-corrected chi connectivity index (χ0v) is 31.6. The average molecular weight is 764 g/mol. The molecule has 10 aromatic carbocycles. The molecule has 0 radical (unpaired) electrons. The fourth-order valence-electron chi connectivity index (χ4n) is 10.3. The zero-order valence-electron chi connectivity index (χ0n) is 31.6. The van der Waals surface area contributed by atoms with Gasteiger partial charge < -0.3 is 4.90 Å². The van der Waals surface area contributed by atoms with E-state index in [2.05, 4.69) is 126 Å². The second-order valence-corrected chi connectivity index (χ2v) is 15.6. The summed E-state index contributed by atoms with van der Waals surface area (Å²) in [6.07, 6.45) is 0. The van der Waals surface area contributed by atoms with Gasteiger partial charge in [-0.3, -0.25) is 0 Å². The van der Waals surface area contributed by atoms with Gasteiger partial charge in [-0.1, -0.05) is 127 Å². The molecule has 0 aliphatic heterocycles. The van der Waals surface area contributed by atoms with Crippen molar-refractivity contribution in [2.24, 2.45) is 0 Å². The molecule has 0 aromatic heterocycles. The molecule has 0 N–H and O–H groups in total. The van der Waals surface area contributed by atoms with Crippen molar-refractivity contribution in [3.8, 4) is 33.4 Å². The summed E-state index contributed by atoms with van der Waals surface area (Å²) < 4.78 is 46.7. The van der Waals surface area contributed by atoms with E-state index in [-0.39, 0.29) is 0 Å². The lowest BCUT2D eigenvalue weighted by atomic mass is 9.70. The Hall–Kier alpha value is -7.43. The Labute approximate surface area is 338 Å². The van der Waals surface area contributed by atoms with Crippen LogP contribution in [0.4, 0.5) is 30.2 Å². The number of hydrogen-bond donors (Lipinski definition) is 0. The summed E-state index contributed by atoms with van der Waals surface area (Å²) in [6.45, 7) is 0. The van der Waals surface area contributed by atoms with E-state index in [1.807, 2.05) is 18.2 Å². The standard InChI is InChI=1S/C55H32F3N/c56-34-18-23-45-46-24-19-35(57)29-51(46)55(50(45)28-34)52-30-36(58)20-25-47(52)48-27-22-38(32-53(48)55)59(54-17-9-8-12-39(54)33-10-2-1-3-11-33)37-21-26-44-42-15-5-4-13-40(42)41-14-6-7-16-43(41)49(44)31-37/h1-32H. The molecule has 0 unspecified atom stereocenters. The van der Waals surface area contributed by atoms with E-state index in [9.17, 15) is 0 Å². The molecule has 59 heavy (non-hydrogen) atoms. The van der Waals surface area contributed by atoms with E-state index in [0.29, 0.717) is 16.7 Å². The zero-order chi connectivity index (χ0) is 39.4. The Bertz CT molecular complexity index is 3280. The van der Waals surface area contributed by atoms with Gasteiger partial charge in [-0.15, -0.1) is 0 Å². The third-order valence-corrected chi connectivity index (χ3v) is 12.6. The van der Waals surface area contributed by atoms with Crippen molar-refractivity contribution in [3.63, 3.8) is 0 Å². The van der Waals surface area contributed by atoms with Crippen molar-refractivity contribution in [3.05, 3.63) is 234 Å². The number of halogens is 3. The quantitative estimate of drug-likeness (QED) is 0.161. The smallest absolute Gasteiger partial charge is 0.123 e. The maximum atomic E-state index is 15.6. The van der Waals surface area contributed by atoms with Gasteiger partial charge in [-0.25, -0.2) is 13.2 Å². The van der Waals surface area contributed by atoms with E-state index in [1.54, 1.807) is 36.4 Å². The van der Waals surface area contributed by atoms with E-state index in [4.69, 9.17) is 0 Å². The lowest BCUT2D eigenvalue weighted by Gasteiger charge is -2.33. The van der Waals surface area contributed by atoms with Gasteiger partial charge in [0.05, 0.1) is 11.1 Å². The fourth-order valence-corrected chi connectivity index (χ4v) is 10.3. The van der Waals surface area contributed by atoms with Crippen molar-refractivity contribution >= 4 is 49.4 Å². The summed E-state index contributed by atoms with van der Waals surface area (Å²) in [4.78, 5) is 2.29. The maximum Gasteiger partial charge on any atom is 0.123 e. The minimum Gasteiger partial charge on any atom is -0.310 e. The first-order valence-electron chi connectivity index (χ1n) is 19.8. The second kappa shape index (κ2) is 12.5. The first-order chi connectivity index (χ1) is 29.0. The lowest BCUT2D eigenvalue weighted by molar-refractivity contribution is 0.613. The lowest BCUT2D eigenvalue weighted by Crippen LogP contribution is -2.26. The number of benzene rings is 10. The van der Waals surface area contributed by atoms with Crippen molar-refractivity contribution in [1.29, 1.82) is 0 Å². The van der Waals surface area contributed by atoms with E-state index in [0.717, 1.165) is 72.2 Å². The van der Waals surface area contributed by atoms with Gasteiger partial charge in [0.25, 0.3) is 0 Å². The fraction of sp³-hybridized carbons (Fsp3) is 0.0182. The average Bonchev–Trinajstić information content (AvgIpc) is 3.72. The van der Waals surface area contributed by atoms with Gasteiger partial charge in [-0.2, -0.15) is 0 Å². The molecule has 278 valence electrons. The molecule has 0 saturated carbocycles. The molecule has 2 aliphatic rings. The van der Waals surface area contributed by atoms with Gasteiger partial charge >= 0.3 is 0 Å². The monoisotopic (exact) mass is 763 g/mol.